The van der Waals surface area contributed by atoms with Gasteiger partial charge in [0.1, 0.15) is 0 Å². The summed E-state index contributed by atoms with van der Waals surface area (Å²) in [5, 5.41) is 19.7. The van der Waals surface area contributed by atoms with Crippen molar-refractivity contribution in [2.24, 2.45) is 0 Å². The van der Waals surface area contributed by atoms with Gasteiger partial charge in [0.05, 0.1) is 6.10 Å². The molecule has 8 heteroatoms. The third-order valence-corrected chi connectivity index (χ3v) is 2.63. The number of aliphatic hydroxyl groups excluding tert-OH is 1. The maximum absolute atomic E-state index is 9.58. The molecule has 20 heavy (non-hydrogen) atoms. The summed E-state index contributed by atoms with van der Waals surface area (Å²) in [7, 11) is 0. The molecule has 8 nitrogen and oxygen atoms in total. The molecule has 0 amide bonds. The molecule has 0 aliphatic rings. The van der Waals surface area contributed by atoms with Crippen LogP contribution in [0.5, 0.6) is 0 Å². The third kappa shape index (κ3) is 3.64. The van der Waals surface area contributed by atoms with Gasteiger partial charge >= 0.3 is 0 Å². The number of nitrogens with one attached hydrogen (secondary N) is 2. The predicted molar refractivity (Wildman–Crippen MR) is 75.9 cm³/mol. The van der Waals surface area contributed by atoms with Crippen LogP contribution < -0.4 is 10.6 Å². The first-order valence-corrected chi connectivity index (χ1v) is 6.64. The highest BCUT2D eigenvalue weighted by atomic mass is 16.3. The summed E-state index contributed by atoms with van der Waals surface area (Å²) in [4.78, 5) is 12.8. The molecule has 1 atom stereocenters. The number of hydrogen-bond acceptors (Lipinski definition) is 7. The van der Waals surface area contributed by atoms with Crippen molar-refractivity contribution in [1.82, 2.24) is 24.7 Å². The highest BCUT2D eigenvalue weighted by molar-refractivity contribution is 5.37. The molecule has 0 fully saturated rings. The van der Waals surface area contributed by atoms with Gasteiger partial charge in [0.15, 0.2) is 0 Å². The monoisotopic (exact) mass is 277 g/mol. The van der Waals surface area contributed by atoms with Gasteiger partial charge in [-0.25, -0.2) is 4.68 Å². The molecule has 2 rings (SSSR count). The molecule has 0 aliphatic carbocycles. The SMILES string of the molecule is CCNc1nc(NCC(O)CC)nc(-n2cccn2)n1. The van der Waals surface area contributed by atoms with E-state index in [4.69, 9.17) is 0 Å². The molecule has 0 saturated carbocycles. The first kappa shape index (κ1) is 14.2. The van der Waals surface area contributed by atoms with Gasteiger partial charge in [-0.3, -0.25) is 0 Å². The predicted octanol–water partition coefficient (Wildman–Crippen LogP) is 0.672. The van der Waals surface area contributed by atoms with Crippen molar-refractivity contribution < 1.29 is 5.11 Å². The molecule has 2 aromatic heterocycles. The van der Waals surface area contributed by atoms with E-state index in [1.807, 2.05) is 13.8 Å². The second-order valence-electron chi connectivity index (χ2n) is 4.21. The highest BCUT2D eigenvalue weighted by Crippen LogP contribution is 2.08. The van der Waals surface area contributed by atoms with Crippen LogP contribution in [0.2, 0.25) is 0 Å². The largest absolute Gasteiger partial charge is 0.391 e. The lowest BCUT2D eigenvalue weighted by Crippen LogP contribution is -2.21. The second kappa shape index (κ2) is 6.80. The standard InChI is InChI=1S/C12H19N7O/c1-3-9(20)8-14-11-16-10(13-4-2)17-12(18-11)19-7-5-6-15-19/h5-7,9,20H,3-4,8H2,1-2H3,(H2,13,14,16,17,18). The van der Waals surface area contributed by atoms with Gasteiger partial charge in [-0.05, 0) is 19.4 Å². The fraction of sp³-hybridized carbons (Fsp3) is 0.500. The zero-order valence-corrected chi connectivity index (χ0v) is 11.6. The van der Waals surface area contributed by atoms with Gasteiger partial charge in [-0.2, -0.15) is 20.1 Å². The lowest BCUT2D eigenvalue weighted by molar-refractivity contribution is 0.183. The Balaban J connectivity index is 2.22. The van der Waals surface area contributed by atoms with E-state index >= 15 is 0 Å². The Labute approximate surface area is 117 Å². The molecule has 0 bridgehead atoms. The van der Waals surface area contributed by atoms with Crippen molar-refractivity contribution in [3.63, 3.8) is 0 Å². The number of anilines is 2. The fourth-order valence-corrected chi connectivity index (χ4v) is 1.52. The number of aliphatic hydroxyl groups is 1. The molecule has 3 N–H and O–H groups in total. The smallest absolute Gasteiger partial charge is 0.257 e. The zero-order chi connectivity index (χ0) is 14.4. The van der Waals surface area contributed by atoms with E-state index in [1.165, 1.54) is 0 Å². The first-order chi connectivity index (χ1) is 9.72. The van der Waals surface area contributed by atoms with Gasteiger partial charge < -0.3 is 15.7 Å². The van der Waals surface area contributed by atoms with Gasteiger partial charge in [0, 0.05) is 25.5 Å². The van der Waals surface area contributed by atoms with E-state index in [0.717, 1.165) is 0 Å². The summed E-state index contributed by atoms with van der Waals surface area (Å²) < 4.78 is 1.56. The van der Waals surface area contributed by atoms with E-state index in [1.54, 1.807) is 23.1 Å². The molecule has 108 valence electrons. The van der Waals surface area contributed by atoms with Crippen molar-refractivity contribution in [1.29, 1.82) is 0 Å². The Bertz CT molecular complexity index is 529. The summed E-state index contributed by atoms with van der Waals surface area (Å²) in [5.41, 5.74) is 0. The molecular formula is C12H19N7O. The van der Waals surface area contributed by atoms with Crippen molar-refractivity contribution in [3.05, 3.63) is 18.5 Å². The van der Waals surface area contributed by atoms with Crippen LogP contribution in [0.4, 0.5) is 11.9 Å². The Morgan fingerprint density at radius 3 is 2.55 bits per heavy atom. The molecule has 1 unspecified atom stereocenters. The maximum atomic E-state index is 9.58. The summed E-state index contributed by atoms with van der Waals surface area (Å²) >= 11 is 0. The number of aromatic nitrogens is 5. The number of hydrogen-bond donors (Lipinski definition) is 3. The van der Waals surface area contributed by atoms with Crippen molar-refractivity contribution in [3.8, 4) is 5.95 Å². The molecule has 0 radical (unpaired) electrons. The van der Waals surface area contributed by atoms with Crippen molar-refractivity contribution in [2.45, 2.75) is 26.4 Å². The second-order valence-corrected chi connectivity index (χ2v) is 4.21. The van der Waals surface area contributed by atoms with Crippen LogP contribution in [0.1, 0.15) is 20.3 Å². The van der Waals surface area contributed by atoms with E-state index in [-0.39, 0.29) is 0 Å². The summed E-state index contributed by atoms with van der Waals surface area (Å²) in [6, 6.07) is 1.80. The summed E-state index contributed by atoms with van der Waals surface area (Å²) in [5.74, 6) is 1.31. The molecule has 0 aromatic carbocycles. The lowest BCUT2D eigenvalue weighted by Gasteiger charge is -2.11. The average molecular weight is 277 g/mol. The van der Waals surface area contributed by atoms with E-state index < -0.39 is 6.10 Å². The molecule has 2 heterocycles. The molecule has 0 spiro atoms. The van der Waals surface area contributed by atoms with Gasteiger partial charge in [0.25, 0.3) is 5.95 Å². The molecular weight excluding hydrogens is 258 g/mol. The normalized spacial score (nSPS) is 12.2. The van der Waals surface area contributed by atoms with Gasteiger partial charge in [0.2, 0.25) is 11.9 Å². The number of rotatable bonds is 7. The minimum Gasteiger partial charge on any atom is -0.391 e. The van der Waals surface area contributed by atoms with Crippen LogP contribution in [-0.4, -0.2) is 49.0 Å². The van der Waals surface area contributed by atoms with Crippen molar-refractivity contribution >= 4 is 11.9 Å². The molecule has 0 aliphatic heterocycles. The molecule has 0 saturated heterocycles. The minimum absolute atomic E-state index is 0.393. The summed E-state index contributed by atoms with van der Waals surface area (Å²) in [6.07, 6.45) is 3.66. The van der Waals surface area contributed by atoms with Crippen LogP contribution >= 0.6 is 0 Å². The Morgan fingerprint density at radius 1 is 1.20 bits per heavy atom. The van der Waals surface area contributed by atoms with E-state index in [0.29, 0.717) is 37.4 Å². The van der Waals surface area contributed by atoms with Crippen molar-refractivity contribution in [2.75, 3.05) is 23.7 Å². The Hall–Kier alpha value is -2.22. The van der Waals surface area contributed by atoms with Gasteiger partial charge in [-0.1, -0.05) is 6.92 Å². The van der Waals surface area contributed by atoms with E-state index in [9.17, 15) is 5.11 Å². The van der Waals surface area contributed by atoms with Crippen LogP contribution in [0.15, 0.2) is 18.5 Å². The highest BCUT2D eigenvalue weighted by Gasteiger charge is 2.09. The Kier molecular flexibility index (Phi) is 4.83. The first-order valence-electron chi connectivity index (χ1n) is 6.64. The fourth-order valence-electron chi connectivity index (χ4n) is 1.52. The minimum atomic E-state index is -0.428. The third-order valence-electron chi connectivity index (χ3n) is 2.63. The number of nitrogens with zero attached hydrogens (tertiary/aromatic N) is 5. The van der Waals surface area contributed by atoms with Crippen LogP contribution in [-0.2, 0) is 0 Å². The lowest BCUT2D eigenvalue weighted by atomic mass is 10.3. The zero-order valence-electron chi connectivity index (χ0n) is 11.6. The van der Waals surface area contributed by atoms with Crippen LogP contribution in [0, 0.1) is 0 Å². The molecule has 2 aromatic rings. The van der Waals surface area contributed by atoms with Gasteiger partial charge in [-0.15, -0.1) is 0 Å². The van der Waals surface area contributed by atoms with Crippen LogP contribution in [0.25, 0.3) is 5.95 Å². The van der Waals surface area contributed by atoms with E-state index in [2.05, 4.69) is 30.7 Å². The van der Waals surface area contributed by atoms with Crippen LogP contribution in [0.3, 0.4) is 0 Å². The summed E-state index contributed by atoms with van der Waals surface area (Å²) in [6.45, 7) is 4.98. The Morgan fingerprint density at radius 2 is 1.95 bits per heavy atom. The maximum Gasteiger partial charge on any atom is 0.257 e. The quantitative estimate of drug-likeness (QED) is 0.683. The average Bonchev–Trinajstić information content (AvgIpc) is 2.99. The topological polar surface area (TPSA) is 101 Å².